The van der Waals surface area contributed by atoms with Gasteiger partial charge in [-0.05, 0) is 25.7 Å². The van der Waals surface area contributed by atoms with E-state index in [0.717, 1.165) is 60.1 Å². The van der Waals surface area contributed by atoms with Crippen LogP contribution in [0.3, 0.4) is 0 Å². The van der Waals surface area contributed by atoms with E-state index in [1.54, 1.807) is 0 Å². The Bertz CT molecular complexity index is 864. The first-order valence-corrected chi connectivity index (χ1v) is 11.1. The molecule has 29 heavy (non-hydrogen) atoms. The fourth-order valence-electron chi connectivity index (χ4n) is 4.89. The molecule has 1 aromatic heterocycles. The number of nitrogens with zero attached hydrogens (tertiary/aromatic N) is 5. The molecule has 1 N–H and O–H groups in total. The Morgan fingerprint density at radius 1 is 1.28 bits per heavy atom. The van der Waals surface area contributed by atoms with Crippen LogP contribution in [-0.2, 0) is 16.0 Å². The van der Waals surface area contributed by atoms with Crippen molar-refractivity contribution in [2.24, 2.45) is 0 Å². The summed E-state index contributed by atoms with van der Waals surface area (Å²) in [5.74, 6) is 0.279. The Kier molecular flexibility index (Phi) is 4.70. The summed E-state index contributed by atoms with van der Waals surface area (Å²) in [7, 11) is 0. The first kappa shape index (κ1) is 18.8. The van der Waals surface area contributed by atoms with Crippen LogP contribution in [-0.4, -0.2) is 79.5 Å². The summed E-state index contributed by atoms with van der Waals surface area (Å²) in [6.45, 7) is 1.20. The van der Waals surface area contributed by atoms with E-state index in [1.807, 2.05) is 16.0 Å². The molecular weight excluding hydrogens is 394 g/mol. The molecule has 0 spiro atoms. The molecule has 0 radical (unpaired) electrons. The maximum Gasteiger partial charge on any atom is 0.289 e. The van der Waals surface area contributed by atoms with Gasteiger partial charge in [0, 0.05) is 37.3 Å². The van der Waals surface area contributed by atoms with Crippen LogP contribution in [0.15, 0.2) is 6.20 Å². The van der Waals surface area contributed by atoms with Gasteiger partial charge in [-0.3, -0.25) is 19.3 Å². The van der Waals surface area contributed by atoms with E-state index >= 15 is 0 Å². The van der Waals surface area contributed by atoms with Gasteiger partial charge >= 0.3 is 0 Å². The summed E-state index contributed by atoms with van der Waals surface area (Å²) in [5.41, 5.74) is 1.93. The number of aromatic nitrogens is 2. The average molecular weight is 417 g/mol. The highest BCUT2D eigenvalue weighted by Gasteiger charge is 2.45. The third-order valence-electron chi connectivity index (χ3n) is 6.28. The first-order valence-electron chi connectivity index (χ1n) is 10.1. The van der Waals surface area contributed by atoms with Crippen molar-refractivity contribution in [2.75, 3.05) is 30.3 Å². The van der Waals surface area contributed by atoms with Crippen LogP contribution in [0.4, 0.5) is 10.7 Å². The average Bonchev–Trinajstić information content (AvgIpc) is 3.20. The van der Waals surface area contributed by atoms with Gasteiger partial charge in [0.1, 0.15) is 6.54 Å². The summed E-state index contributed by atoms with van der Waals surface area (Å²) in [6.07, 6.45) is 5.56. The number of hydrogen-bond acceptors (Lipinski definition) is 8. The molecule has 5 heterocycles. The van der Waals surface area contributed by atoms with Crippen molar-refractivity contribution in [2.45, 2.75) is 50.3 Å². The van der Waals surface area contributed by atoms with Crippen LogP contribution >= 0.6 is 11.8 Å². The lowest BCUT2D eigenvalue weighted by Crippen LogP contribution is -2.48. The first-order chi connectivity index (χ1) is 14.0. The number of aliphatic hydroxyl groups is 1. The number of carbonyl (C=O) groups is 3. The molecule has 9 nitrogen and oxygen atoms in total. The molecule has 1 aromatic rings. The zero-order valence-corrected chi connectivity index (χ0v) is 16.8. The van der Waals surface area contributed by atoms with Gasteiger partial charge in [-0.2, -0.15) is 0 Å². The molecule has 3 atom stereocenters. The second kappa shape index (κ2) is 7.24. The van der Waals surface area contributed by atoms with Crippen molar-refractivity contribution in [1.29, 1.82) is 0 Å². The van der Waals surface area contributed by atoms with Crippen LogP contribution in [0.5, 0.6) is 0 Å². The smallest absolute Gasteiger partial charge is 0.289 e. The third-order valence-corrected chi connectivity index (χ3v) is 7.14. The molecule has 0 unspecified atom stereocenters. The van der Waals surface area contributed by atoms with Gasteiger partial charge in [-0.25, -0.2) is 9.97 Å². The fourth-order valence-corrected chi connectivity index (χ4v) is 5.61. The number of amides is 3. The van der Waals surface area contributed by atoms with E-state index in [9.17, 15) is 19.5 Å². The van der Waals surface area contributed by atoms with E-state index < -0.39 is 0 Å². The van der Waals surface area contributed by atoms with Gasteiger partial charge < -0.3 is 14.9 Å². The van der Waals surface area contributed by atoms with Crippen molar-refractivity contribution in [1.82, 2.24) is 19.8 Å². The third kappa shape index (κ3) is 3.28. The van der Waals surface area contributed by atoms with Crippen molar-refractivity contribution in [3.63, 3.8) is 0 Å². The predicted octanol–water partition coefficient (Wildman–Crippen LogP) is 0.721. The highest BCUT2D eigenvalue weighted by molar-refractivity contribution is 8.14. The number of aliphatic hydroxyl groups excluding tert-OH is 1. The monoisotopic (exact) mass is 417 g/mol. The van der Waals surface area contributed by atoms with E-state index in [0.29, 0.717) is 18.9 Å². The molecule has 0 aliphatic carbocycles. The van der Waals surface area contributed by atoms with Gasteiger partial charge in [0.05, 0.1) is 23.6 Å². The fraction of sp³-hybridized carbons (Fsp3) is 0.632. The van der Waals surface area contributed by atoms with Gasteiger partial charge in [0.2, 0.25) is 17.8 Å². The van der Waals surface area contributed by atoms with Crippen molar-refractivity contribution >= 4 is 34.8 Å². The maximum absolute atomic E-state index is 13.0. The zero-order chi connectivity index (χ0) is 20.1. The minimum Gasteiger partial charge on any atom is -0.391 e. The number of rotatable bonds is 3. The van der Waals surface area contributed by atoms with Crippen molar-refractivity contribution in [3.8, 4) is 0 Å². The lowest BCUT2D eigenvalue weighted by Gasteiger charge is -2.37. The Labute approximate surface area is 172 Å². The molecule has 4 aliphatic rings. The van der Waals surface area contributed by atoms with Gasteiger partial charge in [-0.15, -0.1) is 0 Å². The van der Waals surface area contributed by atoms with Crippen LogP contribution in [0.2, 0.25) is 0 Å². The summed E-state index contributed by atoms with van der Waals surface area (Å²) in [4.78, 5) is 50.9. The Morgan fingerprint density at radius 2 is 2.14 bits per heavy atom. The van der Waals surface area contributed by atoms with E-state index in [1.165, 1.54) is 0 Å². The number of β-amino-alcohol motifs (C(OH)–C–C–N with tert-alkyl or cyclic N) is 1. The summed E-state index contributed by atoms with van der Waals surface area (Å²) in [5, 5.41) is 9.59. The minimum atomic E-state index is -0.346. The van der Waals surface area contributed by atoms with Gasteiger partial charge in [-0.1, -0.05) is 11.8 Å². The lowest BCUT2D eigenvalue weighted by atomic mass is 9.99. The summed E-state index contributed by atoms with van der Waals surface area (Å²) < 4.78 is 0. The molecular formula is C19H23N5O4S. The molecule has 3 amide bonds. The standard InChI is InChI=1S/C19H23N5O4S/c25-12-2-1-5-22(8-12)18-20-7-13-14(21-18)6-11-3-4-15(13)24(11)16(26)9-23-17(27)10-29-19(23)28/h7,11-12,15,25H,1-6,8-10H2/t11-,12+,15-/m0/s1. The van der Waals surface area contributed by atoms with Crippen LogP contribution in [0.25, 0.3) is 0 Å². The molecule has 154 valence electrons. The van der Waals surface area contributed by atoms with Gasteiger partial charge in [0.25, 0.3) is 5.24 Å². The highest BCUT2D eigenvalue weighted by atomic mass is 32.2. The quantitative estimate of drug-likeness (QED) is 0.767. The zero-order valence-electron chi connectivity index (χ0n) is 16.0. The topological polar surface area (TPSA) is 107 Å². The predicted molar refractivity (Wildman–Crippen MR) is 105 cm³/mol. The number of anilines is 1. The van der Waals surface area contributed by atoms with E-state index in [4.69, 9.17) is 4.98 Å². The van der Waals surface area contributed by atoms with Gasteiger partial charge in [0.15, 0.2) is 0 Å². The van der Waals surface area contributed by atoms with Crippen molar-refractivity contribution in [3.05, 3.63) is 17.5 Å². The molecule has 0 aromatic carbocycles. The van der Waals surface area contributed by atoms with Crippen LogP contribution in [0, 0.1) is 0 Å². The number of carbonyl (C=O) groups excluding carboxylic acids is 3. The largest absolute Gasteiger partial charge is 0.391 e. The summed E-state index contributed by atoms with van der Waals surface area (Å²) in [6, 6.07) is -0.0622. The number of fused-ring (bicyclic) bond motifs is 4. The second-order valence-corrected chi connectivity index (χ2v) is 9.03. The number of imide groups is 1. The maximum atomic E-state index is 13.0. The Balaban J connectivity index is 1.35. The lowest BCUT2D eigenvalue weighted by molar-refractivity contribution is -0.139. The van der Waals surface area contributed by atoms with E-state index in [2.05, 4.69) is 4.98 Å². The number of piperidine rings is 1. The molecule has 2 bridgehead atoms. The minimum absolute atomic E-state index is 0.0372. The number of thioether (sulfide) groups is 1. The number of hydrogen-bond donors (Lipinski definition) is 1. The molecule has 3 saturated heterocycles. The highest BCUT2D eigenvalue weighted by Crippen LogP contribution is 2.43. The second-order valence-electron chi connectivity index (χ2n) is 8.10. The Hall–Kier alpha value is -2.20. The molecule has 4 aliphatic heterocycles. The van der Waals surface area contributed by atoms with E-state index in [-0.39, 0.29) is 47.5 Å². The SMILES string of the molecule is O=C1CSC(=O)N1CC(=O)N1[C@H]2CC[C@H]1c1cnc(N3CCC[C@@H](O)C3)nc1C2. The Morgan fingerprint density at radius 3 is 2.90 bits per heavy atom. The summed E-state index contributed by atoms with van der Waals surface area (Å²) >= 11 is 0.947. The van der Waals surface area contributed by atoms with Crippen molar-refractivity contribution < 1.29 is 19.5 Å². The molecule has 10 heteroatoms. The normalized spacial score (nSPS) is 28.9. The van der Waals surface area contributed by atoms with Crippen LogP contribution < -0.4 is 4.90 Å². The van der Waals surface area contributed by atoms with Crippen LogP contribution in [0.1, 0.15) is 43.0 Å². The molecule has 3 fully saturated rings. The molecule has 5 rings (SSSR count). The molecule has 0 saturated carbocycles.